The maximum absolute atomic E-state index is 11.2. The predicted octanol–water partition coefficient (Wildman–Crippen LogP) is 1.57. The molecule has 0 spiro atoms. The first-order valence-electron chi connectivity index (χ1n) is 4.66. The Labute approximate surface area is 98.6 Å². The van der Waals surface area contributed by atoms with Crippen LogP contribution in [-0.4, -0.2) is 28.0 Å². The molecule has 0 aliphatic rings. The third-order valence-corrected chi connectivity index (χ3v) is 4.17. The fourth-order valence-corrected chi connectivity index (χ4v) is 3.08. The number of aromatic nitrogens is 1. The van der Waals surface area contributed by atoms with Crippen molar-refractivity contribution < 1.29 is 27.8 Å². The fourth-order valence-electron chi connectivity index (χ4n) is 1.04. The van der Waals surface area contributed by atoms with Crippen molar-refractivity contribution in [2.24, 2.45) is 0 Å². The molecule has 0 radical (unpaired) electrons. The molecule has 0 saturated carbocycles. The van der Waals surface area contributed by atoms with Crippen LogP contribution in [0.4, 0.5) is 0 Å². The van der Waals surface area contributed by atoms with Gasteiger partial charge in [0.2, 0.25) is 0 Å². The summed E-state index contributed by atoms with van der Waals surface area (Å²) in [6, 6.07) is 3.49. The van der Waals surface area contributed by atoms with Crippen LogP contribution >= 0.6 is 15.4 Å². The third-order valence-electron chi connectivity index (χ3n) is 1.62. The molecule has 0 saturated heterocycles. The number of phosphoric ester groups is 1. The quantitative estimate of drug-likeness (QED) is 0.762. The highest BCUT2D eigenvalue weighted by Gasteiger charge is 2.29. The Balaban J connectivity index is 2.41. The van der Waals surface area contributed by atoms with Crippen LogP contribution in [0.5, 0.6) is 0 Å². The smallest absolute Gasteiger partial charge is 0.324 e. The van der Waals surface area contributed by atoms with Crippen molar-refractivity contribution in [1.29, 1.82) is 0 Å². The Bertz CT molecular complexity index is 445. The fraction of sp³-hybridized carbons (Fsp3) is 0.375. The molecule has 1 aromatic rings. The van der Waals surface area contributed by atoms with Crippen LogP contribution in [0.2, 0.25) is 0 Å². The zero-order chi connectivity index (χ0) is 12.9. The Hall–Kier alpha value is -0.550. The van der Waals surface area contributed by atoms with Crippen LogP contribution in [0.1, 0.15) is 5.56 Å². The average Bonchev–Trinajstić information content (AvgIpc) is 2.15. The van der Waals surface area contributed by atoms with Gasteiger partial charge in [0.15, 0.2) is 0 Å². The largest absolute Gasteiger partial charge is 0.479 e. The normalized spacial score (nSPS) is 18.3. The van der Waals surface area contributed by atoms with E-state index in [2.05, 4.69) is 13.8 Å². The maximum Gasteiger partial charge on any atom is 0.479 e. The van der Waals surface area contributed by atoms with Gasteiger partial charge in [-0.1, -0.05) is 6.07 Å². The second kappa shape index (κ2) is 5.87. The molecular weight excluding hydrogens is 268 g/mol. The van der Waals surface area contributed by atoms with Crippen molar-refractivity contribution in [3.05, 3.63) is 30.1 Å². The summed E-state index contributed by atoms with van der Waals surface area (Å²) in [7, 11) is -8.53. The van der Waals surface area contributed by atoms with Crippen molar-refractivity contribution >= 4 is 15.4 Å². The van der Waals surface area contributed by atoms with E-state index in [1.165, 1.54) is 0 Å². The van der Waals surface area contributed by atoms with Gasteiger partial charge in [-0.2, -0.15) is 0 Å². The highest BCUT2D eigenvalue weighted by molar-refractivity contribution is 7.63. The molecule has 0 fully saturated rings. The van der Waals surface area contributed by atoms with Gasteiger partial charge in [-0.15, -0.1) is 0 Å². The summed E-state index contributed by atoms with van der Waals surface area (Å²) in [6.45, 7) is 0.694. The molecule has 17 heavy (non-hydrogen) atoms. The van der Waals surface area contributed by atoms with Gasteiger partial charge in [0, 0.05) is 19.1 Å². The molecule has 1 rings (SSSR count). The van der Waals surface area contributed by atoms with Crippen molar-refractivity contribution in [2.45, 2.75) is 6.42 Å². The van der Waals surface area contributed by atoms with Gasteiger partial charge in [-0.25, -0.2) is 8.88 Å². The predicted molar refractivity (Wildman–Crippen MR) is 60.6 cm³/mol. The Kier molecular flexibility index (Phi) is 5.01. The zero-order valence-electron chi connectivity index (χ0n) is 9.09. The Morgan fingerprint density at radius 3 is 2.65 bits per heavy atom. The van der Waals surface area contributed by atoms with Crippen molar-refractivity contribution in [3.8, 4) is 0 Å². The summed E-state index contributed by atoms with van der Waals surface area (Å²) in [4.78, 5) is 21.7. The molecular formula is C8H13NO6P2. The number of rotatable bonds is 6. The van der Waals surface area contributed by atoms with Gasteiger partial charge in [0.05, 0.1) is 6.61 Å². The van der Waals surface area contributed by atoms with E-state index >= 15 is 0 Å². The van der Waals surface area contributed by atoms with Crippen molar-refractivity contribution in [2.75, 3.05) is 13.3 Å². The summed E-state index contributed by atoms with van der Waals surface area (Å²) < 4.78 is 30.5. The van der Waals surface area contributed by atoms with Crippen LogP contribution in [-0.2, 0) is 24.4 Å². The number of hydrogen-bond acceptors (Lipinski definition) is 5. The number of nitrogens with zero attached hydrogens (tertiary/aromatic N) is 1. The highest BCUT2D eigenvalue weighted by atomic mass is 31.3. The SMILES string of the molecule is CP(=O)(O)OP(=O)(O)OCCc1cccnc1. The topological polar surface area (TPSA) is 106 Å². The van der Waals surface area contributed by atoms with Gasteiger partial charge in [0.1, 0.15) is 0 Å². The van der Waals surface area contributed by atoms with E-state index in [1.54, 1.807) is 24.5 Å². The molecule has 0 aromatic carbocycles. The third kappa shape index (κ3) is 6.68. The molecule has 0 aliphatic heterocycles. The molecule has 96 valence electrons. The van der Waals surface area contributed by atoms with Crippen LogP contribution in [0.3, 0.4) is 0 Å². The summed E-state index contributed by atoms with van der Waals surface area (Å²) in [6.07, 6.45) is 3.54. The molecule has 0 aliphatic carbocycles. The van der Waals surface area contributed by atoms with E-state index in [0.29, 0.717) is 6.42 Å². The van der Waals surface area contributed by atoms with Gasteiger partial charge in [0.25, 0.3) is 0 Å². The van der Waals surface area contributed by atoms with Gasteiger partial charge in [-0.05, 0) is 18.1 Å². The van der Waals surface area contributed by atoms with E-state index in [9.17, 15) is 9.13 Å². The van der Waals surface area contributed by atoms with Crippen molar-refractivity contribution in [3.63, 3.8) is 0 Å². The van der Waals surface area contributed by atoms with E-state index < -0.39 is 15.4 Å². The lowest BCUT2D eigenvalue weighted by atomic mass is 10.2. The minimum atomic E-state index is -4.48. The first-order chi connectivity index (χ1) is 7.79. The Morgan fingerprint density at radius 2 is 2.12 bits per heavy atom. The van der Waals surface area contributed by atoms with E-state index in [0.717, 1.165) is 12.2 Å². The average molecular weight is 281 g/mol. The number of pyridine rings is 1. The summed E-state index contributed by atoms with van der Waals surface area (Å²) in [5, 5.41) is 0. The molecule has 2 N–H and O–H groups in total. The standard InChI is InChI=1S/C8H13NO6P2/c1-16(10,11)15-17(12,13)14-6-4-8-3-2-5-9-7-8/h2-3,5,7H,4,6H2,1H3,(H,10,11)(H,12,13). The first kappa shape index (κ1) is 14.5. The molecule has 1 aromatic heterocycles. The van der Waals surface area contributed by atoms with Gasteiger partial charge >= 0.3 is 15.4 Å². The molecule has 1 heterocycles. The molecule has 0 bridgehead atoms. The van der Waals surface area contributed by atoms with Crippen LogP contribution < -0.4 is 0 Å². The molecule has 7 nitrogen and oxygen atoms in total. The molecule has 9 heteroatoms. The maximum atomic E-state index is 11.2. The van der Waals surface area contributed by atoms with Crippen LogP contribution in [0.15, 0.2) is 24.5 Å². The summed E-state index contributed by atoms with van der Waals surface area (Å²) >= 11 is 0. The lowest BCUT2D eigenvalue weighted by Crippen LogP contribution is -1.99. The molecule has 0 amide bonds. The number of phosphoric acid groups is 1. The van der Waals surface area contributed by atoms with Crippen molar-refractivity contribution in [1.82, 2.24) is 4.98 Å². The summed E-state index contributed by atoms with van der Waals surface area (Å²) in [5.74, 6) is 0. The van der Waals surface area contributed by atoms with E-state index in [1.807, 2.05) is 0 Å². The van der Waals surface area contributed by atoms with E-state index in [-0.39, 0.29) is 6.61 Å². The lowest BCUT2D eigenvalue weighted by molar-refractivity contribution is 0.198. The summed E-state index contributed by atoms with van der Waals surface area (Å²) in [5.41, 5.74) is 0.816. The monoisotopic (exact) mass is 281 g/mol. The second-order valence-corrected chi connectivity index (χ2v) is 6.75. The zero-order valence-corrected chi connectivity index (χ0v) is 10.9. The minimum absolute atomic E-state index is 0.112. The first-order valence-corrected chi connectivity index (χ1v) is 8.18. The Morgan fingerprint density at radius 1 is 1.41 bits per heavy atom. The highest BCUT2D eigenvalue weighted by Crippen LogP contribution is 2.57. The lowest BCUT2D eigenvalue weighted by Gasteiger charge is -2.13. The van der Waals surface area contributed by atoms with Crippen LogP contribution in [0, 0.1) is 0 Å². The van der Waals surface area contributed by atoms with Crippen LogP contribution in [0.25, 0.3) is 0 Å². The molecule has 2 unspecified atom stereocenters. The van der Waals surface area contributed by atoms with Gasteiger partial charge < -0.3 is 9.79 Å². The second-order valence-electron chi connectivity index (χ2n) is 3.30. The number of hydrogen-bond donors (Lipinski definition) is 2. The van der Waals surface area contributed by atoms with Gasteiger partial charge in [-0.3, -0.25) is 14.1 Å². The molecule has 2 atom stereocenters. The van der Waals surface area contributed by atoms with E-state index in [4.69, 9.17) is 9.79 Å². The minimum Gasteiger partial charge on any atom is -0.324 e.